The van der Waals surface area contributed by atoms with Crippen molar-refractivity contribution in [2.24, 2.45) is 12.2 Å². The summed E-state index contributed by atoms with van der Waals surface area (Å²) < 4.78 is 29.0. The van der Waals surface area contributed by atoms with Gasteiger partial charge in [0.2, 0.25) is 10.0 Å². The number of aryl methyl sites for hydroxylation is 1. The minimum Gasteiger partial charge on any atom is -0.461 e. The van der Waals surface area contributed by atoms with E-state index in [0.717, 1.165) is 19.3 Å². The van der Waals surface area contributed by atoms with E-state index in [1.165, 1.54) is 36.1 Å². The van der Waals surface area contributed by atoms with Gasteiger partial charge in [0.1, 0.15) is 10.6 Å². The number of aromatic nitrogens is 1. The van der Waals surface area contributed by atoms with Crippen molar-refractivity contribution in [3.05, 3.63) is 18.0 Å². The maximum absolute atomic E-state index is 11.9. The highest BCUT2D eigenvalue weighted by Gasteiger charge is 2.18. The van der Waals surface area contributed by atoms with Gasteiger partial charge in [-0.1, -0.05) is 39.0 Å². The van der Waals surface area contributed by atoms with Gasteiger partial charge in [0, 0.05) is 13.2 Å². The molecule has 0 unspecified atom stereocenters. The van der Waals surface area contributed by atoms with E-state index in [4.69, 9.17) is 9.88 Å². The molecule has 0 saturated carbocycles. The van der Waals surface area contributed by atoms with Crippen molar-refractivity contribution >= 4 is 16.0 Å². The van der Waals surface area contributed by atoms with Crippen LogP contribution in [0.1, 0.15) is 55.9 Å². The van der Waals surface area contributed by atoms with Gasteiger partial charge in [0.15, 0.2) is 0 Å². The smallest absolute Gasteiger partial charge is 0.354 e. The Morgan fingerprint density at radius 3 is 2.43 bits per heavy atom. The van der Waals surface area contributed by atoms with Crippen molar-refractivity contribution in [2.45, 2.75) is 50.3 Å². The molecule has 0 atom stereocenters. The quantitative estimate of drug-likeness (QED) is 0.558. The predicted octanol–water partition coefficient (Wildman–Crippen LogP) is 2.19. The zero-order valence-corrected chi connectivity index (χ0v) is 13.5. The third-order valence-electron chi connectivity index (χ3n) is 3.25. The number of unbranched alkanes of at least 4 members (excludes halogenated alkanes) is 5. The predicted molar refractivity (Wildman–Crippen MR) is 80.4 cm³/mol. The van der Waals surface area contributed by atoms with Crippen molar-refractivity contribution in [3.8, 4) is 0 Å². The average Bonchev–Trinajstić information content (AvgIpc) is 2.79. The lowest BCUT2D eigenvalue weighted by molar-refractivity contribution is 0.0486. The van der Waals surface area contributed by atoms with Gasteiger partial charge in [-0.25, -0.2) is 18.4 Å². The van der Waals surface area contributed by atoms with Crippen LogP contribution in [0.25, 0.3) is 0 Å². The summed E-state index contributed by atoms with van der Waals surface area (Å²) in [5.74, 6) is -0.527. The maximum atomic E-state index is 11.9. The van der Waals surface area contributed by atoms with E-state index in [2.05, 4.69) is 6.92 Å². The second-order valence-electron chi connectivity index (χ2n) is 5.12. The van der Waals surface area contributed by atoms with Gasteiger partial charge in [-0.2, -0.15) is 0 Å². The molecule has 7 heteroatoms. The summed E-state index contributed by atoms with van der Waals surface area (Å²) in [7, 11) is -2.23. The van der Waals surface area contributed by atoms with Crippen LogP contribution in [0.3, 0.4) is 0 Å². The van der Waals surface area contributed by atoms with Crippen molar-refractivity contribution < 1.29 is 17.9 Å². The molecule has 1 aromatic rings. The molecule has 0 aliphatic heterocycles. The number of sulfonamides is 1. The number of hydrogen-bond acceptors (Lipinski definition) is 4. The molecule has 0 bridgehead atoms. The zero-order chi connectivity index (χ0) is 15.9. The first-order valence-electron chi connectivity index (χ1n) is 7.22. The largest absolute Gasteiger partial charge is 0.461 e. The van der Waals surface area contributed by atoms with Crippen LogP contribution in [0, 0.1) is 0 Å². The number of primary sulfonamides is 1. The number of carbonyl (C=O) groups excluding carboxylic acids is 1. The Hall–Kier alpha value is -1.34. The first-order chi connectivity index (χ1) is 9.86. The van der Waals surface area contributed by atoms with Gasteiger partial charge < -0.3 is 9.30 Å². The molecule has 0 fully saturated rings. The van der Waals surface area contributed by atoms with Crippen LogP contribution in [-0.2, 0) is 21.8 Å². The molecule has 120 valence electrons. The maximum Gasteiger partial charge on any atom is 0.354 e. The Bertz CT molecular complexity index is 564. The number of rotatable bonds is 9. The highest BCUT2D eigenvalue weighted by atomic mass is 32.2. The standard InChI is InChI=1S/C14H24N2O4S/c1-3-4-5-6-7-8-9-20-14(17)13-10-12(11-16(13)2)21(15,18)19/h10-11H,3-9H2,1-2H3,(H2,15,18,19). The molecule has 6 nitrogen and oxygen atoms in total. The lowest BCUT2D eigenvalue weighted by Crippen LogP contribution is -2.11. The zero-order valence-electron chi connectivity index (χ0n) is 12.7. The van der Waals surface area contributed by atoms with Gasteiger partial charge in [0.25, 0.3) is 0 Å². The van der Waals surface area contributed by atoms with E-state index in [0.29, 0.717) is 6.61 Å². The third kappa shape index (κ3) is 5.89. The molecule has 1 heterocycles. The highest BCUT2D eigenvalue weighted by molar-refractivity contribution is 7.89. The topological polar surface area (TPSA) is 91.4 Å². The normalized spacial score (nSPS) is 11.6. The number of nitrogens with zero attached hydrogens (tertiary/aromatic N) is 1. The summed E-state index contributed by atoms with van der Waals surface area (Å²) in [6.07, 6.45) is 7.95. The first-order valence-corrected chi connectivity index (χ1v) is 8.77. The van der Waals surface area contributed by atoms with Crippen molar-refractivity contribution in [1.29, 1.82) is 0 Å². The summed E-state index contributed by atoms with van der Waals surface area (Å²) >= 11 is 0. The van der Waals surface area contributed by atoms with Gasteiger partial charge >= 0.3 is 5.97 Å². The second kappa shape index (κ2) is 8.19. The second-order valence-corrected chi connectivity index (χ2v) is 6.68. The van der Waals surface area contributed by atoms with E-state index in [9.17, 15) is 13.2 Å². The number of ether oxygens (including phenoxy) is 1. The van der Waals surface area contributed by atoms with Gasteiger partial charge in [-0.15, -0.1) is 0 Å². The van der Waals surface area contributed by atoms with Gasteiger partial charge in [-0.3, -0.25) is 0 Å². The Morgan fingerprint density at radius 2 is 1.86 bits per heavy atom. The van der Waals surface area contributed by atoms with Crippen LogP contribution in [-0.4, -0.2) is 25.6 Å². The lowest BCUT2D eigenvalue weighted by Gasteiger charge is -2.05. The molecule has 0 amide bonds. The number of hydrogen-bond donors (Lipinski definition) is 1. The molecule has 2 N–H and O–H groups in total. The highest BCUT2D eigenvalue weighted by Crippen LogP contribution is 2.13. The Kier molecular flexibility index (Phi) is 6.91. The molecule has 0 radical (unpaired) electrons. The molecular weight excluding hydrogens is 292 g/mol. The monoisotopic (exact) mass is 316 g/mol. The van der Waals surface area contributed by atoms with Crippen LogP contribution in [0.5, 0.6) is 0 Å². The fraction of sp³-hybridized carbons (Fsp3) is 0.643. The molecular formula is C14H24N2O4S. The Morgan fingerprint density at radius 1 is 1.24 bits per heavy atom. The van der Waals surface area contributed by atoms with E-state index in [-0.39, 0.29) is 10.6 Å². The van der Waals surface area contributed by atoms with E-state index < -0.39 is 16.0 Å². The summed E-state index contributed by atoms with van der Waals surface area (Å²) in [6, 6.07) is 1.24. The summed E-state index contributed by atoms with van der Waals surface area (Å²) in [5, 5.41) is 5.03. The van der Waals surface area contributed by atoms with Crippen LogP contribution >= 0.6 is 0 Å². The minimum atomic E-state index is -3.80. The summed E-state index contributed by atoms with van der Waals surface area (Å²) in [4.78, 5) is 11.8. The minimum absolute atomic E-state index is 0.0866. The van der Waals surface area contributed by atoms with Crippen molar-refractivity contribution in [2.75, 3.05) is 6.61 Å². The number of esters is 1. The van der Waals surface area contributed by atoms with Crippen molar-refractivity contribution in [3.63, 3.8) is 0 Å². The molecule has 1 rings (SSSR count). The summed E-state index contributed by atoms with van der Waals surface area (Å²) in [5.41, 5.74) is 0.185. The molecule has 0 aliphatic carbocycles. The van der Waals surface area contributed by atoms with Gasteiger partial charge in [-0.05, 0) is 12.5 Å². The molecule has 1 aromatic heterocycles. The lowest BCUT2D eigenvalue weighted by atomic mass is 10.1. The number of nitrogens with two attached hydrogens (primary N) is 1. The fourth-order valence-corrected chi connectivity index (χ4v) is 2.59. The first kappa shape index (κ1) is 17.7. The molecule has 0 saturated heterocycles. The van der Waals surface area contributed by atoms with E-state index in [1.807, 2.05) is 0 Å². The fourth-order valence-electron chi connectivity index (χ4n) is 2.01. The summed E-state index contributed by atoms with van der Waals surface area (Å²) in [6.45, 7) is 2.51. The van der Waals surface area contributed by atoms with Crippen LogP contribution < -0.4 is 5.14 Å². The van der Waals surface area contributed by atoms with E-state index >= 15 is 0 Å². The molecule has 21 heavy (non-hydrogen) atoms. The number of carbonyl (C=O) groups is 1. The SMILES string of the molecule is CCCCCCCCOC(=O)c1cc(S(N)(=O)=O)cn1C. The van der Waals surface area contributed by atoms with Crippen LogP contribution in [0.15, 0.2) is 17.2 Å². The average molecular weight is 316 g/mol. The van der Waals surface area contributed by atoms with Crippen LogP contribution in [0.2, 0.25) is 0 Å². The van der Waals surface area contributed by atoms with Gasteiger partial charge in [0.05, 0.1) is 6.61 Å². The van der Waals surface area contributed by atoms with E-state index in [1.54, 1.807) is 7.05 Å². The Balaban J connectivity index is 2.41. The van der Waals surface area contributed by atoms with Crippen LogP contribution in [0.4, 0.5) is 0 Å². The molecule has 0 spiro atoms. The Labute approximate surface area is 126 Å². The molecule has 0 aromatic carbocycles. The van der Waals surface area contributed by atoms with Crippen molar-refractivity contribution in [1.82, 2.24) is 4.57 Å². The molecule has 0 aliphatic rings. The third-order valence-corrected chi connectivity index (χ3v) is 4.13.